The summed E-state index contributed by atoms with van der Waals surface area (Å²) in [6, 6.07) is 3.85. The van der Waals surface area contributed by atoms with Crippen LogP contribution in [0.2, 0.25) is 0 Å². The van der Waals surface area contributed by atoms with E-state index < -0.39 is 11.9 Å². The molecule has 0 aliphatic heterocycles. The molecule has 0 saturated heterocycles. The summed E-state index contributed by atoms with van der Waals surface area (Å²) in [6.45, 7) is 4.27. The number of carbonyl (C=O) groups is 2. The third-order valence-electron chi connectivity index (χ3n) is 3.50. The van der Waals surface area contributed by atoms with Gasteiger partial charge >= 0.3 is 12.0 Å². The van der Waals surface area contributed by atoms with Crippen molar-refractivity contribution in [2.45, 2.75) is 20.3 Å². The molecule has 0 bridgehead atoms. The number of aromatic nitrogens is 1. The van der Waals surface area contributed by atoms with Crippen molar-refractivity contribution in [3.05, 3.63) is 27.4 Å². The average Bonchev–Trinajstić information content (AvgIpc) is 3.15. The maximum absolute atomic E-state index is 11.9. The minimum absolute atomic E-state index is 0.188. The fraction of sp³-hybridized carbons (Fsp3) is 0.438. The van der Waals surface area contributed by atoms with E-state index in [0.717, 1.165) is 22.0 Å². The predicted molar refractivity (Wildman–Crippen MR) is 96.7 cm³/mol. The number of hydrogen-bond acceptors (Lipinski definition) is 5. The van der Waals surface area contributed by atoms with Crippen molar-refractivity contribution in [1.82, 2.24) is 15.2 Å². The molecule has 2 N–H and O–H groups in total. The normalized spacial score (nSPS) is 12.0. The number of amides is 2. The van der Waals surface area contributed by atoms with Gasteiger partial charge in [-0.1, -0.05) is 6.92 Å². The lowest BCUT2D eigenvalue weighted by Crippen LogP contribution is -2.41. The van der Waals surface area contributed by atoms with Gasteiger partial charge in [-0.2, -0.15) is 0 Å². The summed E-state index contributed by atoms with van der Waals surface area (Å²) < 4.78 is 0. The Kier molecular flexibility index (Phi) is 6.33. The van der Waals surface area contributed by atoms with Crippen LogP contribution in [0, 0.1) is 12.8 Å². The summed E-state index contributed by atoms with van der Waals surface area (Å²) >= 11 is 3.31. The number of carboxylic acids is 1. The molecule has 2 aromatic heterocycles. The van der Waals surface area contributed by atoms with E-state index in [-0.39, 0.29) is 12.6 Å². The number of thiazole rings is 1. The Morgan fingerprint density at radius 3 is 2.79 bits per heavy atom. The van der Waals surface area contributed by atoms with Gasteiger partial charge in [-0.15, -0.1) is 22.7 Å². The highest BCUT2D eigenvalue weighted by molar-refractivity contribution is 7.16. The number of nitrogens with one attached hydrogen (secondary N) is 1. The molecule has 24 heavy (non-hydrogen) atoms. The maximum Gasteiger partial charge on any atom is 0.317 e. The van der Waals surface area contributed by atoms with Crippen LogP contribution in [-0.2, 0) is 11.2 Å². The Labute approximate surface area is 149 Å². The molecular formula is C16H21N3O3S2. The van der Waals surface area contributed by atoms with E-state index >= 15 is 0 Å². The van der Waals surface area contributed by atoms with Crippen LogP contribution in [0.5, 0.6) is 0 Å². The molecule has 0 spiro atoms. The van der Waals surface area contributed by atoms with Crippen molar-refractivity contribution in [3.8, 4) is 10.6 Å². The van der Waals surface area contributed by atoms with Crippen LogP contribution >= 0.6 is 22.7 Å². The Hall–Kier alpha value is -1.93. The molecule has 6 nitrogen and oxygen atoms in total. The zero-order chi connectivity index (χ0) is 17.7. The lowest BCUT2D eigenvalue weighted by Gasteiger charge is -2.19. The first kappa shape index (κ1) is 18.4. The van der Waals surface area contributed by atoms with Crippen molar-refractivity contribution in [3.63, 3.8) is 0 Å². The number of hydrogen-bond donors (Lipinski definition) is 2. The Bertz CT molecular complexity index is 711. The van der Waals surface area contributed by atoms with Gasteiger partial charge in [0.1, 0.15) is 0 Å². The molecule has 0 radical (unpaired) electrons. The van der Waals surface area contributed by atoms with Crippen molar-refractivity contribution in [2.24, 2.45) is 5.92 Å². The summed E-state index contributed by atoms with van der Waals surface area (Å²) in [6.07, 6.45) is 0.738. The number of aryl methyl sites for hydroxylation is 1. The summed E-state index contributed by atoms with van der Waals surface area (Å²) in [5.41, 5.74) is 1.00. The monoisotopic (exact) mass is 367 g/mol. The van der Waals surface area contributed by atoms with Crippen LogP contribution < -0.4 is 5.32 Å². The van der Waals surface area contributed by atoms with Crippen LogP contribution in [0.3, 0.4) is 0 Å². The zero-order valence-electron chi connectivity index (χ0n) is 13.9. The highest BCUT2D eigenvalue weighted by Crippen LogP contribution is 2.29. The first-order valence-electron chi connectivity index (χ1n) is 7.59. The number of nitrogens with zero attached hydrogens (tertiary/aromatic N) is 2. The van der Waals surface area contributed by atoms with Gasteiger partial charge in [-0.05, 0) is 25.5 Å². The molecule has 2 rings (SSSR count). The van der Waals surface area contributed by atoms with Crippen molar-refractivity contribution < 1.29 is 14.7 Å². The molecule has 130 valence electrons. The van der Waals surface area contributed by atoms with Gasteiger partial charge in [0.25, 0.3) is 0 Å². The fourth-order valence-electron chi connectivity index (χ4n) is 2.13. The molecule has 0 saturated carbocycles. The minimum atomic E-state index is -0.905. The molecule has 0 aromatic carbocycles. The van der Waals surface area contributed by atoms with E-state index in [1.807, 2.05) is 12.3 Å². The summed E-state index contributed by atoms with van der Waals surface area (Å²) in [5.74, 6) is -1.49. The fourth-order valence-corrected chi connectivity index (χ4v) is 3.78. The number of carboxylic acid groups (broad SMARTS) is 1. The van der Waals surface area contributed by atoms with Gasteiger partial charge in [-0.25, -0.2) is 9.78 Å². The lowest BCUT2D eigenvalue weighted by molar-refractivity contribution is -0.141. The second-order valence-corrected chi connectivity index (χ2v) is 7.85. The summed E-state index contributed by atoms with van der Waals surface area (Å²) in [4.78, 5) is 30.9. The number of aliphatic carboxylic acids is 1. The van der Waals surface area contributed by atoms with E-state index in [9.17, 15) is 9.59 Å². The maximum atomic E-state index is 11.9. The van der Waals surface area contributed by atoms with Gasteiger partial charge in [0.2, 0.25) is 0 Å². The molecule has 2 aromatic rings. The number of urea groups is 1. The number of carbonyl (C=O) groups excluding carboxylic acids is 1. The topological polar surface area (TPSA) is 82.5 Å². The SMILES string of the molecule is Cc1nc(-c2ccc(CCNC(=O)N(C)CC(C)C(=O)O)s2)cs1. The molecular weight excluding hydrogens is 346 g/mol. The molecule has 1 unspecified atom stereocenters. The van der Waals surface area contributed by atoms with Crippen LogP contribution in [0.4, 0.5) is 4.79 Å². The summed E-state index contributed by atoms with van der Waals surface area (Å²) in [5, 5.41) is 14.8. The van der Waals surface area contributed by atoms with E-state index in [0.29, 0.717) is 6.54 Å². The van der Waals surface area contributed by atoms with E-state index in [1.165, 1.54) is 9.78 Å². The van der Waals surface area contributed by atoms with Crippen molar-refractivity contribution >= 4 is 34.7 Å². The van der Waals surface area contributed by atoms with Gasteiger partial charge < -0.3 is 15.3 Å². The van der Waals surface area contributed by atoms with Crippen LogP contribution in [0.1, 0.15) is 16.8 Å². The first-order valence-corrected chi connectivity index (χ1v) is 9.29. The second-order valence-electron chi connectivity index (χ2n) is 5.62. The number of thiophene rings is 1. The Morgan fingerprint density at radius 1 is 1.42 bits per heavy atom. The largest absolute Gasteiger partial charge is 0.481 e. The molecule has 0 aliphatic carbocycles. The predicted octanol–water partition coefficient (Wildman–Crippen LogP) is 3.08. The third kappa shape index (κ3) is 5.04. The summed E-state index contributed by atoms with van der Waals surface area (Å²) in [7, 11) is 1.60. The zero-order valence-corrected chi connectivity index (χ0v) is 15.5. The first-order chi connectivity index (χ1) is 11.4. The van der Waals surface area contributed by atoms with Crippen molar-refractivity contribution in [1.29, 1.82) is 0 Å². The van der Waals surface area contributed by atoms with E-state index in [4.69, 9.17) is 5.11 Å². The molecule has 2 amide bonds. The molecule has 8 heteroatoms. The smallest absolute Gasteiger partial charge is 0.317 e. The Morgan fingerprint density at radius 2 is 2.17 bits per heavy atom. The lowest BCUT2D eigenvalue weighted by atomic mass is 10.2. The van der Waals surface area contributed by atoms with E-state index in [1.54, 1.807) is 36.6 Å². The minimum Gasteiger partial charge on any atom is -0.481 e. The van der Waals surface area contributed by atoms with Crippen LogP contribution in [-0.4, -0.2) is 47.1 Å². The van der Waals surface area contributed by atoms with Gasteiger partial charge in [0, 0.05) is 30.4 Å². The van der Waals surface area contributed by atoms with E-state index in [2.05, 4.69) is 22.4 Å². The number of rotatable bonds is 7. The standard InChI is InChI=1S/C16H21N3O3S2/c1-10(15(20)21)8-19(3)16(22)17-7-6-12-4-5-14(24-12)13-9-23-11(2)18-13/h4-5,9-10H,6-8H2,1-3H3,(H,17,22)(H,20,21). The third-order valence-corrected chi connectivity index (χ3v) is 5.44. The molecule has 0 aliphatic rings. The molecule has 1 atom stereocenters. The quantitative estimate of drug-likeness (QED) is 0.788. The van der Waals surface area contributed by atoms with Gasteiger partial charge in [-0.3, -0.25) is 4.79 Å². The van der Waals surface area contributed by atoms with Gasteiger partial charge in [0.15, 0.2) is 0 Å². The van der Waals surface area contributed by atoms with Gasteiger partial charge in [0.05, 0.1) is 21.5 Å². The molecule has 2 heterocycles. The Balaban J connectivity index is 1.79. The van der Waals surface area contributed by atoms with Crippen LogP contribution in [0.15, 0.2) is 17.5 Å². The highest BCUT2D eigenvalue weighted by atomic mass is 32.1. The van der Waals surface area contributed by atoms with Crippen molar-refractivity contribution in [2.75, 3.05) is 20.1 Å². The second kappa shape index (κ2) is 8.25. The molecule has 0 fully saturated rings. The highest BCUT2D eigenvalue weighted by Gasteiger charge is 2.17. The average molecular weight is 367 g/mol. The van der Waals surface area contributed by atoms with Crippen LogP contribution in [0.25, 0.3) is 10.6 Å².